The fourth-order valence-corrected chi connectivity index (χ4v) is 2.92. The van der Waals surface area contributed by atoms with Gasteiger partial charge in [0.25, 0.3) is 5.56 Å². The molecule has 0 saturated carbocycles. The van der Waals surface area contributed by atoms with E-state index in [-0.39, 0.29) is 5.56 Å². The molecule has 0 fully saturated rings. The average molecular weight is 382 g/mol. The Kier molecular flexibility index (Phi) is 3.80. The second kappa shape index (κ2) is 5.53. The second-order valence-electron chi connectivity index (χ2n) is 5.14. The molecule has 6 heteroatoms. The molecule has 0 amide bonds. The number of aromatic nitrogens is 1. The molecule has 0 bridgehead atoms. The van der Waals surface area contributed by atoms with E-state index in [1.54, 1.807) is 12.1 Å². The quantitative estimate of drug-likeness (QED) is 0.575. The Bertz CT molecular complexity index is 943. The summed E-state index contributed by atoms with van der Waals surface area (Å²) in [5.41, 5.74) is 0.789. The van der Waals surface area contributed by atoms with Crippen LogP contribution in [-0.2, 0) is 6.18 Å². The van der Waals surface area contributed by atoms with Crippen molar-refractivity contribution in [3.63, 3.8) is 0 Å². The van der Waals surface area contributed by atoms with Crippen LogP contribution >= 0.6 is 15.9 Å². The van der Waals surface area contributed by atoms with Crippen LogP contribution < -0.4 is 5.56 Å². The first-order valence-corrected chi connectivity index (χ1v) is 7.57. The Morgan fingerprint density at radius 1 is 1.00 bits per heavy atom. The van der Waals surface area contributed by atoms with Crippen LogP contribution in [0.1, 0.15) is 11.1 Å². The van der Waals surface area contributed by atoms with Crippen LogP contribution in [-0.4, -0.2) is 4.57 Å². The molecule has 118 valence electrons. The maximum Gasteiger partial charge on any atom is 0.416 e. The monoisotopic (exact) mass is 381 g/mol. The first-order valence-electron chi connectivity index (χ1n) is 6.78. The number of fused-ring (bicyclic) bond motifs is 1. The van der Waals surface area contributed by atoms with E-state index in [9.17, 15) is 18.0 Å². The summed E-state index contributed by atoms with van der Waals surface area (Å²) in [6.45, 7) is 1.82. The molecular weight excluding hydrogens is 371 g/mol. The van der Waals surface area contributed by atoms with E-state index in [0.29, 0.717) is 15.7 Å². The van der Waals surface area contributed by atoms with Gasteiger partial charge in [0.15, 0.2) is 0 Å². The van der Waals surface area contributed by atoms with Crippen LogP contribution in [0.2, 0.25) is 0 Å². The van der Waals surface area contributed by atoms with Crippen molar-refractivity contribution in [2.75, 3.05) is 0 Å². The minimum atomic E-state index is -4.40. The number of para-hydroxylation sites is 1. The fourth-order valence-electron chi connectivity index (χ4n) is 2.53. The molecule has 1 heterocycles. The van der Waals surface area contributed by atoms with Gasteiger partial charge in [0, 0.05) is 11.1 Å². The number of hydrogen-bond acceptors (Lipinski definition) is 1. The number of hydrogen-bond donors (Lipinski definition) is 0. The third-order valence-corrected chi connectivity index (χ3v) is 4.66. The highest BCUT2D eigenvalue weighted by atomic mass is 79.9. The molecule has 0 atom stereocenters. The minimum Gasteiger partial charge on any atom is -0.276 e. The third-order valence-electron chi connectivity index (χ3n) is 3.72. The highest BCUT2D eigenvalue weighted by Crippen LogP contribution is 2.30. The van der Waals surface area contributed by atoms with Gasteiger partial charge in [-0.2, -0.15) is 13.2 Å². The molecule has 3 rings (SSSR count). The third kappa shape index (κ3) is 2.67. The zero-order valence-electron chi connectivity index (χ0n) is 12.0. The molecule has 0 unspecified atom stereocenters. The van der Waals surface area contributed by atoms with Gasteiger partial charge >= 0.3 is 6.18 Å². The van der Waals surface area contributed by atoms with Crippen molar-refractivity contribution in [2.24, 2.45) is 0 Å². The van der Waals surface area contributed by atoms with Gasteiger partial charge < -0.3 is 0 Å². The van der Waals surface area contributed by atoms with Gasteiger partial charge in [-0.1, -0.05) is 18.2 Å². The van der Waals surface area contributed by atoms with Gasteiger partial charge in [-0.15, -0.1) is 0 Å². The molecule has 0 N–H and O–H groups in total. The average Bonchev–Trinajstić information content (AvgIpc) is 2.53. The first kappa shape index (κ1) is 15.8. The normalized spacial score (nSPS) is 11.9. The second-order valence-corrected chi connectivity index (χ2v) is 5.93. The van der Waals surface area contributed by atoms with Crippen molar-refractivity contribution in [1.29, 1.82) is 0 Å². The summed E-state index contributed by atoms with van der Waals surface area (Å²) in [5.74, 6) is 0. The predicted molar refractivity (Wildman–Crippen MR) is 87.0 cm³/mol. The van der Waals surface area contributed by atoms with Crippen LogP contribution in [0.25, 0.3) is 16.6 Å². The predicted octanol–water partition coefficient (Wildman–Crippen LogP) is 5.08. The summed E-state index contributed by atoms with van der Waals surface area (Å²) < 4.78 is 39.9. The van der Waals surface area contributed by atoms with Gasteiger partial charge in [-0.05, 0) is 58.7 Å². The molecule has 23 heavy (non-hydrogen) atoms. The van der Waals surface area contributed by atoms with Crippen molar-refractivity contribution in [3.8, 4) is 5.69 Å². The van der Waals surface area contributed by atoms with Gasteiger partial charge in [-0.25, -0.2) is 0 Å². The maximum absolute atomic E-state index is 12.7. The van der Waals surface area contributed by atoms with Crippen LogP contribution in [0.4, 0.5) is 13.2 Å². The number of pyridine rings is 1. The lowest BCUT2D eigenvalue weighted by Crippen LogP contribution is -2.20. The Hall–Kier alpha value is -2.08. The summed E-state index contributed by atoms with van der Waals surface area (Å²) in [7, 11) is 0. The number of nitrogens with zero attached hydrogens (tertiary/aromatic N) is 1. The molecule has 0 aliphatic rings. The molecule has 2 aromatic carbocycles. The Morgan fingerprint density at radius 3 is 2.22 bits per heavy atom. The molecule has 3 aromatic rings. The number of alkyl halides is 3. The zero-order chi connectivity index (χ0) is 16.8. The van der Waals surface area contributed by atoms with Gasteiger partial charge in [0.05, 0.1) is 15.6 Å². The van der Waals surface area contributed by atoms with E-state index in [4.69, 9.17) is 0 Å². The smallest absolute Gasteiger partial charge is 0.276 e. The first-order chi connectivity index (χ1) is 10.8. The van der Waals surface area contributed by atoms with Crippen LogP contribution in [0.15, 0.2) is 57.8 Å². The zero-order valence-corrected chi connectivity index (χ0v) is 13.6. The number of aryl methyl sites for hydroxylation is 1. The van der Waals surface area contributed by atoms with E-state index in [1.807, 2.05) is 19.1 Å². The molecular formula is C17H11BrF3NO. The summed E-state index contributed by atoms with van der Waals surface area (Å²) in [5, 5.41) is 0.860. The van der Waals surface area contributed by atoms with E-state index in [2.05, 4.69) is 15.9 Å². The molecule has 0 aliphatic carbocycles. The standard InChI is InChI=1S/C17H11BrF3NO/c1-10-13-4-2-3-5-14(13)22(16(23)15(10)18)12-8-6-11(7-9-12)17(19,20)21/h2-9H,1H3. The number of rotatable bonds is 1. The van der Waals surface area contributed by atoms with E-state index < -0.39 is 11.7 Å². The Balaban J connectivity index is 2.30. The van der Waals surface area contributed by atoms with Crippen molar-refractivity contribution in [3.05, 3.63) is 74.5 Å². The lowest BCUT2D eigenvalue weighted by Gasteiger charge is -2.14. The summed E-state index contributed by atoms with van der Waals surface area (Å²) in [6, 6.07) is 11.8. The molecule has 0 saturated heterocycles. The number of benzene rings is 2. The number of halogens is 4. The molecule has 0 spiro atoms. The largest absolute Gasteiger partial charge is 0.416 e. The molecule has 0 radical (unpaired) electrons. The van der Waals surface area contributed by atoms with Gasteiger partial charge in [0.2, 0.25) is 0 Å². The fraction of sp³-hybridized carbons (Fsp3) is 0.118. The van der Waals surface area contributed by atoms with Crippen LogP contribution in [0.3, 0.4) is 0 Å². The molecule has 2 nitrogen and oxygen atoms in total. The van der Waals surface area contributed by atoms with E-state index >= 15 is 0 Å². The molecule has 0 aliphatic heterocycles. The van der Waals surface area contributed by atoms with Crippen LogP contribution in [0.5, 0.6) is 0 Å². The van der Waals surface area contributed by atoms with Gasteiger partial charge in [0.1, 0.15) is 0 Å². The molecule has 1 aromatic heterocycles. The maximum atomic E-state index is 12.7. The Morgan fingerprint density at radius 2 is 1.61 bits per heavy atom. The van der Waals surface area contributed by atoms with Crippen molar-refractivity contribution < 1.29 is 13.2 Å². The van der Waals surface area contributed by atoms with Crippen LogP contribution in [0, 0.1) is 6.92 Å². The van der Waals surface area contributed by atoms with Gasteiger partial charge in [-0.3, -0.25) is 9.36 Å². The lowest BCUT2D eigenvalue weighted by atomic mass is 10.1. The van der Waals surface area contributed by atoms with Crippen molar-refractivity contribution in [2.45, 2.75) is 13.1 Å². The lowest BCUT2D eigenvalue weighted by molar-refractivity contribution is -0.137. The van der Waals surface area contributed by atoms with Crippen molar-refractivity contribution in [1.82, 2.24) is 4.57 Å². The highest BCUT2D eigenvalue weighted by molar-refractivity contribution is 9.10. The summed E-state index contributed by atoms with van der Waals surface area (Å²) in [4.78, 5) is 12.6. The summed E-state index contributed by atoms with van der Waals surface area (Å²) in [6.07, 6.45) is -4.40. The van der Waals surface area contributed by atoms with Crippen molar-refractivity contribution >= 4 is 26.8 Å². The van der Waals surface area contributed by atoms with E-state index in [0.717, 1.165) is 23.1 Å². The van der Waals surface area contributed by atoms with E-state index in [1.165, 1.54) is 16.7 Å². The minimum absolute atomic E-state index is 0.305. The summed E-state index contributed by atoms with van der Waals surface area (Å²) >= 11 is 3.28. The SMILES string of the molecule is Cc1c(Br)c(=O)n(-c2ccc(C(F)(F)F)cc2)c2ccccc12. The Labute approximate surface area is 138 Å². The highest BCUT2D eigenvalue weighted by Gasteiger charge is 2.30. The topological polar surface area (TPSA) is 22.0 Å².